The van der Waals surface area contributed by atoms with Crippen LogP contribution in [-0.2, 0) is 0 Å². The van der Waals surface area contributed by atoms with E-state index in [2.05, 4.69) is 0 Å². The Balaban J connectivity index is 2.20. The van der Waals surface area contributed by atoms with Gasteiger partial charge in [0.15, 0.2) is 5.78 Å². The Morgan fingerprint density at radius 2 is 2.12 bits per heavy atom. The maximum absolute atomic E-state index is 12.2. The first-order chi connectivity index (χ1) is 7.74. The normalized spacial score (nSPS) is 16.9. The highest BCUT2D eigenvalue weighted by atomic mass is 16.5. The summed E-state index contributed by atoms with van der Waals surface area (Å²) in [5.41, 5.74) is 0.740. The largest absolute Gasteiger partial charge is 0.493 e. The lowest BCUT2D eigenvalue weighted by atomic mass is 9.94. The van der Waals surface area contributed by atoms with Crippen LogP contribution in [0.15, 0.2) is 24.3 Å². The Labute approximate surface area is 96.6 Å². The Hall–Kier alpha value is -1.31. The van der Waals surface area contributed by atoms with Gasteiger partial charge in [-0.25, -0.2) is 0 Å². The van der Waals surface area contributed by atoms with Crippen LogP contribution in [0.5, 0.6) is 5.75 Å². The van der Waals surface area contributed by atoms with E-state index in [9.17, 15) is 4.79 Å². The molecule has 0 bridgehead atoms. The molecule has 1 fully saturated rings. The molecule has 1 aromatic carbocycles. The quantitative estimate of drug-likeness (QED) is 0.709. The van der Waals surface area contributed by atoms with E-state index in [-0.39, 0.29) is 11.7 Å². The zero-order valence-corrected chi connectivity index (χ0v) is 9.90. The molecule has 0 amide bonds. The predicted octanol–water partition coefficient (Wildman–Crippen LogP) is 3.31. The lowest BCUT2D eigenvalue weighted by Crippen LogP contribution is -2.14. The molecule has 1 saturated carbocycles. The number of Topliss-reactive ketones (excluding diaryl/α,β-unsaturated/α-hetero) is 1. The van der Waals surface area contributed by atoms with Crippen LogP contribution in [0.3, 0.4) is 0 Å². The predicted molar refractivity (Wildman–Crippen MR) is 63.8 cm³/mol. The monoisotopic (exact) mass is 218 g/mol. The third-order valence-corrected chi connectivity index (χ3v) is 3.20. The molecule has 2 rings (SSSR count). The number of carbonyl (C=O) groups is 1. The van der Waals surface area contributed by atoms with Gasteiger partial charge < -0.3 is 4.74 Å². The number of carbonyl (C=O) groups excluding carboxylic acids is 1. The molecule has 1 aliphatic carbocycles. The van der Waals surface area contributed by atoms with Gasteiger partial charge in [-0.15, -0.1) is 0 Å². The second-order valence-corrected chi connectivity index (χ2v) is 4.42. The van der Waals surface area contributed by atoms with Gasteiger partial charge in [-0.1, -0.05) is 19.1 Å². The number of ketones is 1. The minimum Gasteiger partial charge on any atom is -0.493 e. The number of hydrogen-bond acceptors (Lipinski definition) is 2. The lowest BCUT2D eigenvalue weighted by Gasteiger charge is -2.13. The third-order valence-electron chi connectivity index (χ3n) is 3.20. The highest BCUT2D eigenvalue weighted by molar-refractivity contribution is 6.00. The smallest absolute Gasteiger partial charge is 0.169 e. The van der Waals surface area contributed by atoms with E-state index in [1.807, 2.05) is 38.1 Å². The average molecular weight is 218 g/mol. The van der Waals surface area contributed by atoms with Crippen LogP contribution >= 0.6 is 0 Å². The number of benzene rings is 1. The second-order valence-electron chi connectivity index (χ2n) is 4.42. The summed E-state index contributed by atoms with van der Waals surface area (Å²) in [5, 5.41) is 0. The van der Waals surface area contributed by atoms with Gasteiger partial charge in [-0.2, -0.15) is 0 Å². The van der Waals surface area contributed by atoms with Crippen LogP contribution < -0.4 is 4.74 Å². The van der Waals surface area contributed by atoms with Crippen LogP contribution in [-0.4, -0.2) is 12.4 Å². The fraction of sp³-hybridized carbons (Fsp3) is 0.500. The van der Waals surface area contributed by atoms with Crippen molar-refractivity contribution < 1.29 is 9.53 Å². The first-order valence-corrected chi connectivity index (χ1v) is 6.00. The average Bonchev–Trinajstić information content (AvgIpc) is 3.12. The van der Waals surface area contributed by atoms with Crippen molar-refractivity contribution in [3.05, 3.63) is 29.8 Å². The molecule has 16 heavy (non-hydrogen) atoms. The van der Waals surface area contributed by atoms with Gasteiger partial charge in [0, 0.05) is 5.92 Å². The summed E-state index contributed by atoms with van der Waals surface area (Å²) < 4.78 is 5.49. The molecule has 0 radical (unpaired) electrons. The van der Waals surface area contributed by atoms with Gasteiger partial charge in [0.25, 0.3) is 0 Å². The molecule has 1 unspecified atom stereocenters. The molecule has 0 heterocycles. The van der Waals surface area contributed by atoms with Crippen molar-refractivity contribution in [2.45, 2.75) is 26.7 Å². The summed E-state index contributed by atoms with van der Waals surface area (Å²) in [5.74, 6) is 1.69. The molecule has 86 valence electrons. The molecule has 0 N–H and O–H groups in total. The Morgan fingerprint density at radius 1 is 1.44 bits per heavy atom. The number of ether oxygens (including phenoxy) is 1. The van der Waals surface area contributed by atoms with E-state index < -0.39 is 0 Å². The van der Waals surface area contributed by atoms with Crippen molar-refractivity contribution >= 4 is 5.78 Å². The molecule has 1 atom stereocenters. The van der Waals surface area contributed by atoms with E-state index >= 15 is 0 Å². The minimum atomic E-state index is 0.140. The number of hydrogen-bond donors (Lipinski definition) is 0. The summed E-state index contributed by atoms with van der Waals surface area (Å²) in [7, 11) is 0. The number of para-hydroxylation sites is 1. The summed E-state index contributed by atoms with van der Waals surface area (Å²) >= 11 is 0. The van der Waals surface area contributed by atoms with Crippen molar-refractivity contribution in [1.82, 2.24) is 0 Å². The Bertz CT molecular complexity index is 380. The van der Waals surface area contributed by atoms with E-state index in [0.29, 0.717) is 12.5 Å². The molecular formula is C14H18O2. The van der Waals surface area contributed by atoms with Gasteiger partial charge in [0.05, 0.1) is 12.2 Å². The summed E-state index contributed by atoms with van der Waals surface area (Å²) in [6.45, 7) is 4.57. The first kappa shape index (κ1) is 11.2. The second kappa shape index (κ2) is 4.69. The lowest BCUT2D eigenvalue weighted by molar-refractivity contribution is 0.0912. The van der Waals surface area contributed by atoms with Crippen molar-refractivity contribution in [3.63, 3.8) is 0 Å². The minimum absolute atomic E-state index is 0.140. The van der Waals surface area contributed by atoms with E-state index in [0.717, 1.165) is 11.3 Å². The van der Waals surface area contributed by atoms with Crippen LogP contribution in [0.4, 0.5) is 0 Å². The summed E-state index contributed by atoms with van der Waals surface area (Å²) in [6, 6.07) is 7.54. The molecular weight excluding hydrogens is 200 g/mol. The van der Waals surface area contributed by atoms with Gasteiger partial charge in [0.2, 0.25) is 0 Å². The van der Waals surface area contributed by atoms with Crippen LogP contribution in [0.1, 0.15) is 37.0 Å². The fourth-order valence-electron chi connectivity index (χ4n) is 2.01. The number of rotatable bonds is 5. The summed E-state index contributed by atoms with van der Waals surface area (Å²) in [4.78, 5) is 12.2. The maximum atomic E-state index is 12.2. The highest BCUT2D eigenvalue weighted by Crippen LogP contribution is 2.39. The maximum Gasteiger partial charge on any atom is 0.169 e. The molecule has 0 aliphatic heterocycles. The van der Waals surface area contributed by atoms with Crippen LogP contribution in [0, 0.1) is 11.8 Å². The Kier molecular flexibility index (Phi) is 3.28. The van der Waals surface area contributed by atoms with Crippen LogP contribution in [0.2, 0.25) is 0 Å². The van der Waals surface area contributed by atoms with E-state index in [1.165, 1.54) is 12.8 Å². The molecule has 0 spiro atoms. The molecule has 0 aromatic heterocycles. The zero-order chi connectivity index (χ0) is 11.5. The topological polar surface area (TPSA) is 26.3 Å². The SMILES string of the molecule is CCOc1ccccc1C(=O)C(C)C1CC1. The first-order valence-electron chi connectivity index (χ1n) is 6.00. The van der Waals surface area contributed by atoms with Crippen molar-refractivity contribution in [2.24, 2.45) is 11.8 Å². The molecule has 2 heteroatoms. The highest BCUT2D eigenvalue weighted by Gasteiger charge is 2.33. The zero-order valence-electron chi connectivity index (χ0n) is 9.90. The summed E-state index contributed by atoms with van der Waals surface area (Å²) in [6.07, 6.45) is 2.40. The van der Waals surface area contributed by atoms with Gasteiger partial charge in [-0.05, 0) is 37.8 Å². The van der Waals surface area contributed by atoms with Gasteiger partial charge in [-0.3, -0.25) is 4.79 Å². The van der Waals surface area contributed by atoms with Crippen LogP contribution in [0.25, 0.3) is 0 Å². The molecule has 0 saturated heterocycles. The standard InChI is InChI=1S/C14H18O2/c1-3-16-13-7-5-4-6-12(13)14(15)10(2)11-8-9-11/h4-7,10-11H,3,8-9H2,1-2H3. The molecule has 1 aliphatic rings. The van der Waals surface area contributed by atoms with Crippen molar-refractivity contribution in [2.75, 3.05) is 6.61 Å². The van der Waals surface area contributed by atoms with Gasteiger partial charge >= 0.3 is 0 Å². The fourth-order valence-corrected chi connectivity index (χ4v) is 2.01. The molecule has 1 aromatic rings. The van der Waals surface area contributed by atoms with Gasteiger partial charge in [0.1, 0.15) is 5.75 Å². The van der Waals surface area contributed by atoms with Crippen molar-refractivity contribution in [1.29, 1.82) is 0 Å². The Morgan fingerprint density at radius 3 is 2.75 bits per heavy atom. The molecule has 2 nitrogen and oxygen atoms in total. The third kappa shape index (κ3) is 2.26. The van der Waals surface area contributed by atoms with E-state index in [4.69, 9.17) is 4.74 Å². The van der Waals surface area contributed by atoms with E-state index in [1.54, 1.807) is 0 Å². The van der Waals surface area contributed by atoms with Crippen molar-refractivity contribution in [3.8, 4) is 5.75 Å².